The van der Waals surface area contributed by atoms with Crippen molar-refractivity contribution < 1.29 is 18.3 Å². The third-order valence-corrected chi connectivity index (χ3v) is 5.62. The summed E-state index contributed by atoms with van der Waals surface area (Å²) in [5.41, 5.74) is 3.16. The van der Waals surface area contributed by atoms with Gasteiger partial charge in [0.15, 0.2) is 11.6 Å². The van der Waals surface area contributed by atoms with Gasteiger partial charge in [0, 0.05) is 28.1 Å². The number of hydrogen-bond donors (Lipinski definition) is 0. The zero-order chi connectivity index (χ0) is 20.8. The van der Waals surface area contributed by atoms with E-state index >= 15 is 0 Å². The Bertz CT molecular complexity index is 1170. The molecular weight excluding hydrogens is 410 g/mol. The van der Waals surface area contributed by atoms with Crippen molar-refractivity contribution in [2.75, 3.05) is 7.11 Å². The number of ether oxygens (including phenoxy) is 2. The molecule has 0 bridgehead atoms. The van der Waals surface area contributed by atoms with Crippen LogP contribution in [0.4, 0.5) is 8.78 Å². The first-order chi connectivity index (χ1) is 14.5. The minimum Gasteiger partial charge on any atom is -0.497 e. The summed E-state index contributed by atoms with van der Waals surface area (Å²) in [6.45, 7) is 0. The summed E-state index contributed by atoms with van der Waals surface area (Å²) in [6.07, 6.45) is -0.0776. The van der Waals surface area contributed by atoms with Gasteiger partial charge in [-0.15, -0.1) is 0 Å². The van der Waals surface area contributed by atoms with Gasteiger partial charge in [0.2, 0.25) is 6.23 Å². The Morgan fingerprint density at radius 1 is 1.07 bits per heavy atom. The minimum absolute atomic E-state index is 0.147. The molecule has 0 unspecified atom stereocenters. The number of benzene rings is 3. The maximum absolute atomic E-state index is 13.9. The molecule has 2 heterocycles. The number of rotatable bonds is 3. The number of hydrogen-bond acceptors (Lipinski definition) is 4. The molecule has 3 aromatic rings. The molecule has 0 N–H and O–H groups in total. The van der Waals surface area contributed by atoms with E-state index in [1.807, 2.05) is 30.3 Å². The predicted molar refractivity (Wildman–Crippen MR) is 110 cm³/mol. The average Bonchev–Trinajstić information content (AvgIpc) is 3.21. The van der Waals surface area contributed by atoms with Crippen molar-refractivity contribution in [3.05, 3.63) is 94.0 Å². The topological polar surface area (TPSA) is 34.1 Å². The van der Waals surface area contributed by atoms with E-state index < -0.39 is 17.9 Å². The van der Waals surface area contributed by atoms with Crippen LogP contribution in [0.15, 0.2) is 65.8 Å². The van der Waals surface area contributed by atoms with E-state index in [2.05, 4.69) is 0 Å². The van der Waals surface area contributed by atoms with E-state index in [0.717, 1.165) is 34.7 Å². The first kappa shape index (κ1) is 18.9. The maximum Gasteiger partial charge on any atom is 0.213 e. The molecule has 7 heteroatoms. The van der Waals surface area contributed by atoms with Gasteiger partial charge in [0.05, 0.1) is 18.9 Å². The van der Waals surface area contributed by atoms with Crippen LogP contribution in [0.1, 0.15) is 35.4 Å². The highest BCUT2D eigenvalue weighted by molar-refractivity contribution is 6.30. The second kappa shape index (κ2) is 7.29. The molecule has 2 aliphatic rings. The van der Waals surface area contributed by atoms with E-state index in [9.17, 15) is 8.78 Å². The maximum atomic E-state index is 13.9. The second-order valence-corrected chi connectivity index (χ2v) is 7.64. The number of halogens is 3. The molecule has 0 saturated heterocycles. The highest BCUT2D eigenvalue weighted by Crippen LogP contribution is 2.48. The Hall–Kier alpha value is -3.12. The molecule has 0 amide bonds. The summed E-state index contributed by atoms with van der Waals surface area (Å²) in [5, 5.41) is 7.19. The Morgan fingerprint density at radius 3 is 2.73 bits per heavy atom. The Balaban J connectivity index is 1.60. The van der Waals surface area contributed by atoms with Gasteiger partial charge < -0.3 is 9.47 Å². The zero-order valence-corrected chi connectivity index (χ0v) is 16.7. The van der Waals surface area contributed by atoms with E-state index in [-0.39, 0.29) is 6.04 Å². The van der Waals surface area contributed by atoms with Crippen LogP contribution in [0.3, 0.4) is 0 Å². The van der Waals surface area contributed by atoms with Gasteiger partial charge in [-0.1, -0.05) is 29.8 Å². The van der Waals surface area contributed by atoms with Gasteiger partial charge in [-0.3, -0.25) is 0 Å². The first-order valence-electron chi connectivity index (χ1n) is 9.45. The molecule has 0 spiro atoms. The normalized spacial score (nSPS) is 19.6. The molecule has 5 rings (SSSR count). The number of fused-ring (bicyclic) bond motifs is 3. The number of nitrogens with zero attached hydrogens (tertiary/aromatic N) is 2. The lowest BCUT2D eigenvalue weighted by molar-refractivity contribution is -0.0192. The Morgan fingerprint density at radius 2 is 1.93 bits per heavy atom. The first-order valence-corrected chi connectivity index (χ1v) is 9.82. The van der Waals surface area contributed by atoms with Crippen LogP contribution in [0.5, 0.6) is 11.5 Å². The Kier molecular flexibility index (Phi) is 4.59. The summed E-state index contributed by atoms with van der Waals surface area (Å²) in [5.74, 6) is -0.444. The van der Waals surface area contributed by atoms with Crippen molar-refractivity contribution in [3.8, 4) is 11.5 Å². The van der Waals surface area contributed by atoms with Crippen molar-refractivity contribution in [3.63, 3.8) is 0 Å². The van der Waals surface area contributed by atoms with Crippen LogP contribution in [0.2, 0.25) is 5.02 Å². The van der Waals surface area contributed by atoms with Gasteiger partial charge in [-0.2, -0.15) is 5.10 Å². The molecule has 152 valence electrons. The van der Waals surface area contributed by atoms with Crippen molar-refractivity contribution in [2.45, 2.75) is 18.7 Å². The van der Waals surface area contributed by atoms with Crippen molar-refractivity contribution >= 4 is 17.3 Å². The van der Waals surface area contributed by atoms with Gasteiger partial charge in [-0.25, -0.2) is 13.8 Å². The van der Waals surface area contributed by atoms with Gasteiger partial charge >= 0.3 is 0 Å². The molecule has 0 radical (unpaired) electrons. The minimum atomic E-state index is -0.925. The van der Waals surface area contributed by atoms with E-state index in [1.165, 1.54) is 6.07 Å². The summed E-state index contributed by atoms with van der Waals surface area (Å²) in [6, 6.07) is 16.7. The quantitative estimate of drug-likeness (QED) is 0.525. The molecule has 0 aliphatic carbocycles. The third-order valence-electron chi connectivity index (χ3n) is 5.38. The predicted octanol–water partition coefficient (Wildman–Crippen LogP) is 5.87. The molecule has 2 aliphatic heterocycles. The summed E-state index contributed by atoms with van der Waals surface area (Å²) < 4.78 is 38.9. The standard InChI is InChI=1S/C23H17ClF2N2O2/c1-29-16-4-2-3-13(9-16)20-12-21-17-11-15(24)6-8-22(17)30-23(28(21)27-20)14-5-7-18(25)19(26)10-14/h2-11,21,23H,12H2,1H3/t21-,23-/m1/s1. The summed E-state index contributed by atoms with van der Waals surface area (Å²) in [7, 11) is 1.62. The lowest BCUT2D eigenvalue weighted by Crippen LogP contribution is -2.33. The van der Waals surface area contributed by atoms with Crippen molar-refractivity contribution in [2.24, 2.45) is 5.10 Å². The molecule has 0 aromatic heterocycles. The molecule has 0 saturated carbocycles. The van der Waals surface area contributed by atoms with Gasteiger partial charge in [0.25, 0.3) is 0 Å². The van der Waals surface area contributed by atoms with Crippen molar-refractivity contribution in [1.29, 1.82) is 0 Å². The van der Waals surface area contributed by atoms with E-state index in [1.54, 1.807) is 24.3 Å². The highest BCUT2D eigenvalue weighted by atomic mass is 35.5. The largest absolute Gasteiger partial charge is 0.497 e. The third kappa shape index (κ3) is 3.17. The lowest BCUT2D eigenvalue weighted by Gasteiger charge is -2.38. The van der Waals surface area contributed by atoms with Crippen LogP contribution in [0.25, 0.3) is 0 Å². The lowest BCUT2D eigenvalue weighted by atomic mass is 9.96. The van der Waals surface area contributed by atoms with E-state index in [0.29, 0.717) is 22.8 Å². The monoisotopic (exact) mass is 426 g/mol. The Labute approximate surface area is 177 Å². The van der Waals surface area contributed by atoms with Gasteiger partial charge in [-0.05, 0) is 42.5 Å². The highest BCUT2D eigenvalue weighted by Gasteiger charge is 2.41. The fourth-order valence-corrected chi connectivity index (χ4v) is 4.10. The van der Waals surface area contributed by atoms with Crippen LogP contribution in [-0.2, 0) is 0 Å². The molecule has 3 aromatic carbocycles. The smallest absolute Gasteiger partial charge is 0.213 e. The summed E-state index contributed by atoms with van der Waals surface area (Å²) in [4.78, 5) is 0. The number of hydrazone groups is 1. The van der Waals surface area contributed by atoms with Crippen LogP contribution in [-0.4, -0.2) is 17.8 Å². The zero-order valence-electron chi connectivity index (χ0n) is 16.0. The van der Waals surface area contributed by atoms with Crippen molar-refractivity contribution in [1.82, 2.24) is 5.01 Å². The molecular formula is C23H17ClF2N2O2. The average molecular weight is 427 g/mol. The SMILES string of the molecule is COc1cccc(C2=NN3[C@H](C2)c2cc(Cl)ccc2O[C@@H]3c2ccc(F)c(F)c2)c1. The van der Waals surface area contributed by atoms with Crippen LogP contribution >= 0.6 is 11.6 Å². The summed E-state index contributed by atoms with van der Waals surface area (Å²) >= 11 is 6.23. The molecule has 0 fully saturated rings. The fourth-order valence-electron chi connectivity index (χ4n) is 3.92. The molecule has 30 heavy (non-hydrogen) atoms. The number of methoxy groups -OCH3 is 1. The fraction of sp³-hybridized carbons (Fsp3) is 0.174. The van der Waals surface area contributed by atoms with Gasteiger partial charge in [0.1, 0.15) is 11.5 Å². The van der Waals surface area contributed by atoms with Crippen LogP contribution < -0.4 is 9.47 Å². The van der Waals surface area contributed by atoms with Crippen LogP contribution in [0, 0.1) is 11.6 Å². The van der Waals surface area contributed by atoms with E-state index in [4.69, 9.17) is 26.2 Å². The molecule has 2 atom stereocenters. The molecule has 4 nitrogen and oxygen atoms in total. The second-order valence-electron chi connectivity index (χ2n) is 7.20.